The maximum Gasteiger partial charge on any atom is 0.209 e. The van der Waals surface area contributed by atoms with Crippen LogP contribution in [0.3, 0.4) is 0 Å². The molecule has 0 aliphatic heterocycles. The number of hydrogen-bond donors (Lipinski definition) is 0. The van der Waals surface area contributed by atoms with Crippen LogP contribution in [0, 0.1) is 50.5 Å². The van der Waals surface area contributed by atoms with Gasteiger partial charge in [-0.3, -0.25) is 10.1 Å². The van der Waals surface area contributed by atoms with Crippen molar-refractivity contribution in [2.75, 3.05) is 6.54 Å². The third-order valence-electron chi connectivity index (χ3n) is 1.92. The van der Waals surface area contributed by atoms with Crippen LogP contribution < -0.4 is 0 Å². The average molecular weight is 181 g/mol. The molecule has 0 saturated carbocycles. The Kier molecular flexibility index (Phi) is 4.47. The Labute approximate surface area is 76.7 Å². The molecule has 0 unspecified atom stereocenters. The van der Waals surface area contributed by atoms with Gasteiger partial charge < -0.3 is 0 Å². The first-order chi connectivity index (χ1) is 6.02. The minimum Gasteiger partial charge on any atom is -0.265 e. The van der Waals surface area contributed by atoms with E-state index in [1.165, 1.54) is 0 Å². The summed E-state index contributed by atoms with van der Waals surface area (Å²) in [5.41, 5.74) is 0. The molecule has 0 aromatic carbocycles. The second-order valence-electron chi connectivity index (χ2n) is 3.16. The smallest absolute Gasteiger partial charge is 0.209 e. The zero-order valence-electron chi connectivity index (χ0n) is 7.60. The van der Waals surface area contributed by atoms with Gasteiger partial charge in [-0.1, -0.05) is 13.8 Å². The Hall–Kier alpha value is -1.62. The van der Waals surface area contributed by atoms with Crippen molar-refractivity contribution in [3.05, 3.63) is 10.1 Å². The van der Waals surface area contributed by atoms with E-state index in [1.807, 2.05) is 0 Å². The van der Waals surface area contributed by atoms with Gasteiger partial charge in [0.05, 0.1) is 18.1 Å². The van der Waals surface area contributed by atoms with Gasteiger partial charge in [-0.15, -0.1) is 0 Å². The highest BCUT2D eigenvalue weighted by molar-refractivity contribution is 5.03. The van der Waals surface area contributed by atoms with Crippen molar-refractivity contribution < 1.29 is 4.92 Å². The number of nitrogens with zero attached hydrogens (tertiary/aromatic N) is 3. The van der Waals surface area contributed by atoms with Crippen LogP contribution >= 0.6 is 0 Å². The van der Waals surface area contributed by atoms with Crippen molar-refractivity contribution in [2.24, 2.45) is 17.8 Å². The first-order valence-electron chi connectivity index (χ1n) is 3.94. The summed E-state index contributed by atoms with van der Waals surface area (Å²) in [5, 5.41) is 27.4. The van der Waals surface area contributed by atoms with Crippen molar-refractivity contribution in [3.8, 4) is 12.1 Å². The van der Waals surface area contributed by atoms with E-state index in [-0.39, 0.29) is 12.5 Å². The second kappa shape index (κ2) is 5.10. The lowest BCUT2D eigenvalue weighted by Crippen LogP contribution is -2.26. The SMILES string of the molecule is CC(C)[C@H](C[N+](=O)[O-])C(C#N)C#N. The van der Waals surface area contributed by atoms with E-state index in [2.05, 4.69) is 0 Å². The first kappa shape index (κ1) is 11.4. The van der Waals surface area contributed by atoms with Crippen molar-refractivity contribution in [2.45, 2.75) is 13.8 Å². The molecule has 0 aliphatic carbocycles. The summed E-state index contributed by atoms with van der Waals surface area (Å²) in [6.07, 6.45) is 0. The van der Waals surface area contributed by atoms with E-state index in [9.17, 15) is 10.1 Å². The molecule has 0 fully saturated rings. The quantitative estimate of drug-likeness (QED) is 0.481. The molecule has 0 bridgehead atoms. The topological polar surface area (TPSA) is 90.7 Å². The molecule has 0 amide bonds. The molecule has 5 nitrogen and oxygen atoms in total. The average Bonchev–Trinajstić information content (AvgIpc) is 2.04. The van der Waals surface area contributed by atoms with Crippen LogP contribution in [-0.2, 0) is 0 Å². The Morgan fingerprint density at radius 3 is 2.08 bits per heavy atom. The van der Waals surface area contributed by atoms with Gasteiger partial charge in [-0.2, -0.15) is 10.5 Å². The monoisotopic (exact) mass is 181 g/mol. The molecule has 0 radical (unpaired) electrons. The van der Waals surface area contributed by atoms with Gasteiger partial charge in [0, 0.05) is 4.92 Å². The van der Waals surface area contributed by atoms with Gasteiger partial charge in [-0.25, -0.2) is 0 Å². The van der Waals surface area contributed by atoms with Crippen LogP contribution in [0.2, 0.25) is 0 Å². The minimum atomic E-state index is -0.884. The van der Waals surface area contributed by atoms with E-state index in [4.69, 9.17) is 10.5 Å². The van der Waals surface area contributed by atoms with E-state index < -0.39 is 16.8 Å². The molecule has 0 saturated heterocycles. The van der Waals surface area contributed by atoms with Crippen LogP contribution in [0.1, 0.15) is 13.8 Å². The molecule has 0 rings (SSSR count). The molecule has 0 heterocycles. The Morgan fingerprint density at radius 1 is 1.38 bits per heavy atom. The standard InChI is InChI=1S/C8H11N3O2/c1-6(2)8(5-11(12)13)7(3-9)4-10/h6-8H,5H2,1-2H3/t8-/m0/s1. The first-order valence-corrected chi connectivity index (χ1v) is 3.94. The minimum absolute atomic E-state index is 0.0327. The molecule has 13 heavy (non-hydrogen) atoms. The van der Waals surface area contributed by atoms with Gasteiger partial charge in [0.1, 0.15) is 5.92 Å². The van der Waals surface area contributed by atoms with Crippen molar-refractivity contribution >= 4 is 0 Å². The molecule has 0 N–H and O–H groups in total. The molecule has 5 heteroatoms. The summed E-state index contributed by atoms with van der Waals surface area (Å²) in [7, 11) is 0. The Bertz CT molecular complexity index is 248. The van der Waals surface area contributed by atoms with Gasteiger partial charge in [0.15, 0.2) is 0 Å². The van der Waals surface area contributed by atoms with Crippen molar-refractivity contribution in [1.82, 2.24) is 0 Å². The lowest BCUT2D eigenvalue weighted by molar-refractivity contribution is -0.490. The highest BCUT2D eigenvalue weighted by Gasteiger charge is 2.28. The van der Waals surface area contributed by atoms with Crippen LogP contribution in [0.4, 0.5) is 0 Å². The van der Waals surface area contributed by atoms with Crippen LogP contribution in [-0.4, -0.2) is 11.5 Å². The normalized spacial score (nSPS) is 12.2. The Morgan fingerprint density at radius 2 is 1.85 bits per heavy atom. The molecule has 0 spiro atoms. The van der Waals surface area contributed by atoms with E-state index in [1.54, 1.807) is 26.0 Å². The number of rotatable bonds is 4. The number of nitriles is 2. The van der Waals surface area contributed by atoms with E-state index >= 15 is 0 Å². The third kappa shape index (κ3) is 3.53. The summed E-state index contributed by atoms with van der Waals surface area (Å²) in [6, 6.07) is 3.55. The number of nitro groups is 1. The summed E-state index contributed by atoms with van der Waals surface area (Å²) >= 11 is 0. The second-order valence-corrected chi connectivity index (χ2v) is 3.16. The van der Waals surface area contributed by atoms with Gasteiger partial charge in [-0.05, 0) is 5.92 Å². The fraction of sp³-hybridized carbons (Fsp3) is 0.750. The predicted molar refractivity (Wildman–Crippen MR) is 44.9 cm³/mol. The van der Waals surface area contributed by atoms with Crippen LogP contribution in [0.5, 0.6) is 0 Å². The zero-order chi connectivity index (χ0) is 10.4. The molecule has 70 valence electrons. The van der Waals surface area contributed by atoms with Crippen LogP contribution in [0.15, 0.2) is 0 Å². The van der Waals surface area contributed by atoms with Crippen molar-refractivity contribution in [3.63, 3.8) is 0 Å². The van der Waals surface area contributed by atoms with Gasteiger partial charge in [0.2, 0.25) is 6.54 Å². The summed E-state index contributed by atoms with van der Waals surface area (Å²) < 4.78 is 0. The summed E-state index contributed by atoms with van der Waals surface area (Å²) in [5.74, 6) is -1.40. The third-order valence-corrected chi connectivity index (χ3v) is 1.92. The molecular weight excluding hydrogens is 170 g/mol. The van der Waals surface area contributed by atoms with Crippen LogP contribution in [0.25, 0.3) is 0 Å². The maximum atomic E-state index is 10.2. The molecular formula is C8H11N3O2. The Balaban J connectivity index is 4.53. The lowest BCUT2D eigenvalue weighted by Gasteiger charge is -2.16. The van der Waals surface area contributed by atoms with Gasteiger partial charge in [0.25, 0.3) is 0 Å². The van der Waals surface area contributed by atoms with Gasteiger partial charge >= 0.3 is 0 Å². The maximum absolute atomic E-state index is 10.2. The highest BCUT2D eigenvalue weighted by Crippen LogP contribution is 2.20. The summed E-state index contributed by atoms with van der Waals surface area (Å²) in [6.45, 7) is 3.23. The van der Waals surface area contributed by atoms with E-state index in [0.717, 1.165) is 0 Å². The molecule has 1 atom stereocenters. The molecule has 0 aromatic rings. The predicted octanol–water partition coefficient (Wildman–Crippen LogP) is 1.20. The highest BCUT2D eigenvalue weighted by atomic mass is 16.6. The molecule has 0 aromatic heterocycles. The summed E-state index contributed by atoms with van der Waals surface area (Å²) in [4.78, 5) is 9.76. The fourth-order valence-electron chi connectivity index (χ4n) is 1.09. The largest absolute Gasteiger partial charge is 0.265 e. The fourth-order valence-corrected chi connectivity index (χ4v) is 1.09. The lowest BCUT2D eigenvalue weighted by atomic mass is 9.85. The van der Waals surface area contributed by atoms with E-state index in [0.29, 0.717) is 0 Å². The number of hydrogen-bond acceptors (Lipinski definition) is 4. The molecule has 0 aliphatic rings. The zero-order valence-corrected chi connectivity index (χ0v) is 7.60. The van der Waals surface area contributed by atoms with Crippen molar-refractivity contribution in [1.29, 1.82) is 10.5 Å².